The van der Waals surface area contributed by atoms with Gasteiger partial charge in [0.15, 0.2) is 0 Å². The Morgan fingerprint density at radius 3 is 2.40 bits per heavy atom. The quantitative estimate of drug-likeness (QED) is 0.243. The molecule has 182 valence electrons. The normalized spacial score (nSPS) is 10.7. The van der Waals surface area contributed by atoms with E-state index in [1.165, 1.54) is 13.3 Å². The number of hydrazone groups is 1. The number of ether oxygens (including phenoxy) is 2. The standard InChI is InChI=1S/C25H22Cl3N3O4/c1-34-23-5-3-2-4-21(23)30-24(32)10-11-25(33)31-29-14-17-12-18(26)8-9-22(17)35-15-16-6-7-19(27)13-20(16)28/h2-9,12-14H,10-11,15H2,1H3,(H,30,32)(H,31,33). The van der Waals surface area contributed by atoms with Gasteiger partial charge in [-0.15, -0.1) is 0 Å². The molecule has 0 spiro atoms. The topological polar surface area (TPSA) is 89.0 Å². The van der Waals surface area contributed by atoms with Crippen LogP contribution in [0.2, 0.25) is 15.1 Å². The second-order valence-electron chi connectivity index (χ2n) is 7.25. The Bertz CT molecular complexity index is 1230. The van der Waals surface area contributed by atoms with E-state index in [4.69, 9.17) is 44.3 Å². The first-order valence-electron chi connectivity index (χ1n) is 10.5. The first-order valence-corrected chi connectivity index (χ1v) is 11.6. The van der Waals surface area contributed by atoms with Crippen molar-refractivity contribution >= 4 is 58.5 Å². The summed E-state index contributed by atoms with van der Waals surface area (Å²) in [6.07, 6.45) is 1.34. The van der Waals surface area contributed by atoms with Crippen molar-refractivity contribution < 1.29 is 19.1 Å². The van der Waals surface area contributed by atoms with Crippen molar-refractivity contribution in [2.75, 3.05) is 12.4 Å². The summed E-state index contributed by atoms with van der Waals surface area (Å²) in [7, 11) is 1.51. The first kappa shape index (κ1) is 26.3. The molecule has 0 aliphatic rings. The minimum Gasteiger partial charge on any atom is -0.495 e. The molecule has 0 heterocycles. The molecule has 0 aliphatic heterocycles. The molecule has 35 heavy (non-hydrogen) atoms. The van der Waals surface area contributed by atoms with Gasteiger partial charge in [0.05, 0.1) is 19.0 Å². The van der Waals surface area contributed by atoms with Crippen LogP contribution < -0.4 is 20.2 Å². The Balaban J connectivity index is 1.53. The zero-order valence-electron chi connectivity index (χ0n) is 18.7. The summed E-state index contributed by atoms with van der Waals surface area (Å²) in [5.74, 6) is 0.288. The fourth-order valence-corrected chi connectivity index (χ4v) is 3.61. The van der Waals surface area contributed by atoms with Crippen LogP contribution in [0.25, 0.3) is 0 Å². The Morgan fingerprint density at radius 1 is 0.914 bits per heavy atom. The lowest BCUT2D eigenvalue weighted by Gasteiger charge is -2.11. The molecule has 0 fully saturated rings. The number of carbonyl (C=O) groups excluding carboxylic acids is 2. The smallest absolute Gasteiger partial charge is 0.240 e. The van der Waals surface area contributed by atoms with Crippen molar-refractivity contribution in [3.63, 3.8) is 0 Å². The highest BCUT2D eigenvalue weighted by atomic mass is 35.5. The molecule has 2 amide bonds. The number of methoxy groups -OCH3 is 1. The van der Waals surface area contributed by atoms with E-state index in [-0.39, 0.29) is 25.4 Å². The van der Waals surface area contributed by atoms with Crippen LogP contribution in [0.3, 0.4) is 0 Å². The van der Waals surface area contributed by atoms with Crippen molar-refractivity contribution in [1.82, 2.24) is 5.43 Å². The van der Waals surface area contributed by atoms with Gasteiger partial charge in [0, 0.05) is 39.0 Å². The lowest BCUT2D eigenvalue weighted by atomic mass is 10.2. The lowest BCUT2D eigenvalue weighted by Crippen LogP contribution is -2.20. The molecule has 0 aliphatic carbocycles. The SMILES string of the molecule is COc1ccccc1NC(=O)CCC(=O)NN=Cc1cc(Cl)ccc1OCc1ccc(Cl)cc1Cl. The first-order chi connectivity index (χ1) is 16.9. The number of hydrogen-bond acceptors (Lipinski definition) is 5. The molecule has 0 saturated heterocycles. The maximum atomic E-state index is 12.2. The minimum absolute atomic E-state index is 0.0211. The third-order valence-electron chi connectivity index (χ3n) is 4.72. The van der Waals surface area contributed by atoms with Gasteiger partial charge in [-0.2, -0.15) is 5.10 Å². The van der Waals surface area contributed by atoms with Gasteiger partial charge in [0.2, 0.25) is 11.8 Å². The van der Waals surface area contributed by atoms with Gasteiger partial charge in [0.25, 0.3) is 0 Å². The number of carbonyl (C=O) groups is 2. The van der Waals surface area contributed by atoms with Gasteiger partial charge in [-0.05, 0) is 42.5 Å². The van der Waals surface area contributed by atoms with E-state index in [2.05, 4.69) is 15.8 Å². The van der Waals surface area contributed by atoms with E-state index in [9.17, 15) is 9.59 Å². The second kappa shape index (κ2) is 13.0. The number of amides is 2. The highest BCUT2D eigenvalue weighted by Crippen LogP contribution is 2.26. The molecule has 0 radical (unpaired) electrons. The Morgan fingerprint density at radius 2 is 1.63 bits per heavy atom. The lowest BCUT2D eigenvalue weighted by molar-refractivity contribution is -0.124. The van der Waals surface area contributed by atoms with Crippen LogP contribution in [-0.4, -0.2) is 25.1 Å². The number of hydrogen-bond donors (Lipinski definition) is 2. The highest BCUT2D eigenvalue weighted by Gasteiger charge is 2.10. The van der Waals surface area contributed by atoms with Gasteiger partial charge in [-0.25, -0.2) is 5.43 Å². The number of nitrogens with zero attached hydrogens (tertiary/aromatic N) is 1. The number of benzene rings is 3. The number of para-hydroxylation sites is 2. The average molecular weight is 535 g/mol. The van der Waals surface area contributed by atoms with Gasteiger partial charge < -0.3 is 14.8 Å². The van der Waals surface area contributed by atoms with Crippen LogP contribution in [0, 0.1) is 0 Å². The molecular formula is C25H22Cl3N3O4. The van der Waals surface area contributed by atoms with E-state index >= 15 is 0 Å². The summed E-state index contributed by atoms with van der Waals surface area (Å²) < 4.78 is 11.1. The van der Waals surface area contributed by atoms with Crippen LogP contribution in [0.4, 0.5) is 5.69 Å². The fraction of sp³-hybridized carbons (Fsp3) is 0.160. The maximum Gasteiger partial charge on any atom is 0.240 e. The summed E-state index contributed by atoms with van der Waals surface area (Å²) in [6.45, 7) is 0.201. The minimum atomic E-state index is -0.422. The van der Waals surface area contributed by atoms with Crippen LogP contribution in [0.15, 0.2) is 65.8 Å². The van der Waals surface area contributed by atoms with Crippen molar-refractivity contribution in [2.45, 2.75) is 19.4 Å². The summed E-state index contributed by atoms with van der Waals surface area (Å²) in [5, 5.41) is 8.17. The number of halogens is 3. The Hall–Kier alpha value is -3.26. The number of nitrogens with one attached hydrogen (secondary N) is 2. The van der Waals surface area contributed by atoms with Gasteiger partial charge >= 0.3 is 0 Å². The van der Waals surface area contributed by atoms with E-state index in [1.807, 2.05) is 0 Å². The van der Waals surface area contributed by atoms with E-state index < -0.39 is 5.91 Å². The summed E-state index contributed by atoms with van der Waals surface area (Å²) in [5.41, 5.74) is 4.24. The van der Waals surface area contributed by atoms with Crippen LogP contribution in [0.1, 0.15) is 24.0 Å². The van der Waals surface area contributed by atoms with Crippen LogP contribution in [0.5, 0.6) is 11.5 Å². The second-order valence-corrected chi connectivity index (χ2v) is 8.53. The summed E-state index contributed by atoms with van der Waals surface area (Å²) in [6, 6.07) is 17.2. The molecule has 2 N–H and O–H groups in total. The molecule has 0 aromatic heterocycles. The highest BCUT2D eigenvalue weighted by molar-refractivity contribution is 6.35. The maximum absolute atomic E-state index is 12.2. The molecule has 7 nitrogen and oxygen atoms in total. The number of anilines is 1. The molecule has 10 heteroatoms. The van der Waals surface area contributed by atoms with Crippen molar-refractivity contribution in [3.8, 4) is 11.5 Å². The third-order valence-corrected chi connectivity index (χ3v) is 5.55. The Kier molecular flexibility index (Phi) is 9.78. The van der Waals surface area contributed by atoms with Gasteiger partial charge in [-0.3, -0.25) is 9.59 Å². The van der Waals surface area contributed by atoms with Crippen LogP contribution in [-0.2, 0) is 16.2 Å². The predicted molar refractivity (Wildman–Crippen MR) is 139 cm³/mol. The predicted octanol–water partition coefficient (Wildman–Crippen LogP) is 6.10. The van der Waals surface area contributed by atoms with Crippen molar-refractivity contribution in [3.05, 3.63) is 86.9 Å². The average Bonchev–Trinajstić information content (AvgIpc) is 2.83. The zero-order valence-corrected chi connectivity index (χ0v) is 21.0. The molecule has 0 unspecified atom stereocenters. The van der Waals surface area contributed by atoms with E-state index in [1.54, 1.807) is 60.7 Å². The fourth-order valence-electron chi connectivity index (χ4n) is 2.96. The summed E-state index contributed by atoms with van der Waals surface area (Å²) >= 11 is 18.2. The molecule has 0 atom stereocenters. The molecule has 3 aromatic rings. The van der Waals surface area contributed by atoms with Gasteiger partial charge in [-0.1, -0.05) is 53.0 Å². The molecule has 0 bridgehead atoms. The molecular weight excluding hydrogens is 513 g/mol. The monoisotopic (exact) mass is 533 g/mol. The number of rotatable bonds is 10. The van der Waals surface area contributed by atoms with Gasteiger partial charge in [0.1, 0.15) is 18.1 Å². The van der Waals surface area contributed by atoms with E-state index in [0.29, 0.717) is 37.8 Å². The molecule has 3 aromatic carbocycles. The molecule has 3 rings (SSSR count). The zero-order chi connectivity index (χ0) is 25.2. The largest absolute Gasteiger partial charge is 0.495 e. The van der Waals surface area contributed by atoms with Crippen molar-refractivity contribution in [2.24, 2.45) is 5.10 Å². The van der Waals surface area contributed by atoms with Crippen molar-refractivity contribution in [1.29, 1.82) is 0 Å². The van der Waals surface area contributed by atoms with E-state index in [0.717, 1.165) is 5.56 Å². The molecule has 0 saturated carbocycles. The van der Waals surface area contributed by atoms with Crippen LogP contribution >= 0.6 is 34.8 Å². The summed E-state index contributed by atoms with van der Waals surface area (Å²) in [4.78, 5) is 24.3. The Labute approximate surface area is 218 Å². The third kappa shape index (κ3) is 8.17.